The summed E-state index contributed by atoms with van der Waals surface area (Å²) in [5.74, 6) is 0.493. The molecule has 4 N–H and O–H groups in total. The average molecular weight is 382 g/mol. The summed E-state index contributed by atoms with van der Waals surface area (Å²) in [4.78, 5) is 19.5. The van der Waals surface area contributed by atoms with Gasteiger partial charge in [0.05, 0.1) is 16.8 Å². The first-order valence-corrected chi connectivity index (χ1v) is 9.55. The molecule has 0 saturated carbocycles. The third-order valence-electron chi connectivity index (χ3n) is 3.57. The number of nitrogens with two attached hydrogens (primary N) is 1. The Balaban J connectivity index is 1.38. The number of anilines is 2. The first-order valence-electron chi connectivity index (χ1n) is 7.75. The summed E-state index contributed by atoms with van der Waals surface area (Å²) < 4.78 is 0.711. The summed E-state index contributed by atoms with van der Waals surface area (Å²) >= 11 is 2.74. The van der Waals surface area contributed by atoms with Crippen LogP contribution in [-0.4, -0.2) is 31.8 Å². The first kappa shape index (κ1) is 16.6. The van der Waals surface area contributed by atoms with Crippen molar-refractivity contribution in [3.05, 3.63) is 48.5 Å². The molecule has 4 rings (SSSR count). The Morgan fingerprint density at radius 1 is 1.15 bits per heavy atom. The van der Waals surface area contributed by atoms with Gasteiger partial charge in [-0.05, 0) is 24.3 Å². The number of imidazole rings is 1. The lowest BCUT2D eigenvalue weighted by atomic mass is 10.2. The van der Waals surface area contributed by atoms with Gasteiger partial charge in [0.15, 0.2) is 9.35 Å². The van der Waals surface area contributed by atoms with E-state index in [1.165, 1.54) is 23.1 Å². The van der Waals surface area contributed by atoms with Crippen LogP contribution < -0.4 is 11.1 Å². The Morgan fingerprint density at radius 2 is 1.96 bits per heavy atom. The SMILES string of the molecule is Nc1ccccc1-c1nnc(SCC(=O)Nc2nc3ccccc3[nH]2)s1. The molecule has 0 radical (unpaired) electrons. The highest BCUT2D eigenvalue weighted by atomic mass is 32.2. The van der Waals surface area contributed by atoms with E-state index in [1.54, 1.807) is 0 Å². The summed E-state index contributed by atoms with van der Waals surface area (Å²) in [6.45, 7) is 0. The fraction of sp³-hybridized carbons (Fsp3) is 0.0588. The molecule has 2 aromatic carbocycles. The summed E-state index contributed by atoms with van der Waals surface area (Å²) in [5, 5.41) is 11.8. The van der Waals surface area contributed by atoms with E-state index in [4.69, 9.17) is 5.73 Å². The maximum Gasteiger partial charge on any atom is 0.237 e. The molecule has 0 fully saturated rings. The fourth-order valence-corrected chi connectivity index (χ4v) is 4.08. The van der Waals surface area contributed by atoms with Crippen LogP contribution in [0.4, 0.5) is 11.6 Å². The molecule has 0 saturated heterocycles. The van der Waals surface area contributed by atoms with E-state index in [-0.39, 0.29) is 11.7 Å². The lowest BCUT2D eigenvalue weighted by molar-refractivity contribution is -0.113. The van der Waals surface area contributed by atoms with Crippen LogP contribution in [0.5, 0.6) is 0 Å². The molecule has 2 heterocycles. The van der Waals surface area contributed by atoms with Crippen molar-refractivity contribution in [2.45, 2.75) is 4.34 Å². The number of amides is 1. The number of aromatic amines is 1. The standard InChI is InChI=1S/C17H14N6OS2/c18-11-6-2-1-5-10(11)15-22-23-17(26-15)25-9-14(24)21-16-19-12-7-3-4-8-13(12)20-16/h1-8H,9,18H2,(H2,19,20,21,24). The van der Waals surface area contributed by atoms with Crippen LogP contribution in [0.15, 0.2) is 52.9 Å². The molecule has 0 atom stereocenters. The number of nitrogens with one attached hydrogen (secondary N) is 2. The van der Waals surface area contributed by atoms with E-state index in [2.05, 4.69) is 25.5 Å². The molecule has 0 aliphatic carbocycles. The Labute approximate surface area is 157 Å². The average Bonchev–Trinajstić information content (AvgIpc) is 3.26. The largest absolute Gasteiger partial charge is 0.398 e. The Kier molecular flexibility index (Phi) is 4.55. The lowest BCUT2D eigenvalue weighted by Gasteiger charge is -2.00. The molecule has 0 spiro atoms. The van der Waals surface area contributed by atoms with Gasteiger partial charge in [-0.3, -0.25) is 10.1 Å². The predicted molar refractivity (Wildman–Crippen MR) is 105 cm³/mol. The minimum absolute atomic E-state index is 0.162. The molecule has 0 unspecified atom stereocenters. The van der Waals surface area contributed by atoms with Gasteiger partial charge < -0.3 is 10.7 Å². The van der Waals surface area contributed by atoms with Gasteiger partial charge in [0.2, 0.25) is 11.9 Å². The van der Waals surface area contributed by atoms with Crippen LogP contribution in [-0.2, 0) is 4.79 Å². The highest BCUT2D eigenvalue weighted by Gasteiger charge is 2.12. The van der Waals surface area contributed by atoms with Gasteiger partial charge in [-0.25, -0.2) is 4.98 Å². The lowest BCUT2D eigenvalue weighted by Crippen LogP contribution is -2.14. The number of carbonyl (C=O) groups is 1. The highest BCUT2D eigenvalue weighted by Crippen LogP contribution is 2.32. The normalized spacial score (nSPS) is 10.9. The minimum Gasteiger partial charge on any atom is -0.398 e. The van der Waals surface area contributed by atoms with Crippen LogP contribution in [0.25, 0.3) is 21.6 Å². The van der Waals surface area contributed by atoms with Crippen molar-refractivity contribution >= 4 is 51.7 Å². The summed E-state index contributed by atoms with van der Waals surface area (Å²) in [6.07, 6.45) is 0. The van der Waals surface area contributed by atoms with E-state index in [0.717, 1.165) is 21.6 Å². The molecule has 26 heavy (non-hydrogen) atoms. The number of hydrogen-bond acceptors (Lipinski definition) is 7. The van der Waals surface area contributed by atoms with Crippen LogP contribution in [0.2, 0.25) is 0 Å². The van der Waals surface area contributed by atoms with Crippen molar-refractivity contribution in [3.63, 3.8) is 0 Å². The van der Waals surface area contributed by atoms with Gasteiger partial charge in [0, 0.05) is 11.3 Å². The molecule has 2 aromatic heterocycles. The zero-order valence-corrected chi connectivity index (χ0v) is 15.1. The molecular weight excluding hydrogens is 368 g/mol. The van der Waals surface area contributed by atoms with E-state index in [9.17, 15) is 4.79 Å². The predicted octanol–water partition coefficient (Wildman–Crippen LogP) is 3.39. The Bertz CT molecular complexity index is 1040. The number of hydrogen-bond donors (Lipinski definition) is 3. The van der Waals surface area contributed by atoms with E-state index >= 15 is 0 Å². The van der Waals surface area contributed by atoms with Gasteiger partial charge in [-0.2, -0.15) is 0 Å². The fourth-order valence-electron chi connectivity index (χ4n) is 2.38. The van der Waals surface area contributed by atoms with E-state index in [0.29, 0.717) is 16.0 Å². The number of nitrogen functional groups attached to an aromatic ring is 1. The summed E-state index contributed by atoms with van der Waals surface area (Å²) in [6, 6.07) is 15.1. The second kappa shape index (κ2) is 7.14. The molecule has 130 valence electrons. The van der Waals surface area contributed by atoms with Crippen LogP contribution >= 0.6 is 23.1 Å². The van der Waals surface area contributed by atoms with Crippen LogP contribution in [0.3, 0.4) is 0 Å². The van der Waals surface area contributed by atoms with Crippen molar-refractivity contribution in [2.24, 2.45) is 0 Å². The van der Waals surface area contributed by atoms with Gasteiger partial charge >= 0.3 is 0 Å². The Hall–Kier alpha value is -2.91. The summed E-state index contributed by atoms with van der Waals surface area (Å²) in [7, 11) is 0. The highest BCUT2D eigenvalue weighted by molar-refractivity contribution is 8.01. The number of carbonyl (C=O) groups excluding carboxylic acids is 1. The van der Waals surface area contributed by atoms with E-state index in [1.807, 2.05) is 48.5 Å². The smallest absolute Gasteiger partial charge is 0.237 e. The van der Waals surface area contributed by atoms with Crippen molar-refractivity contribution in [1.29, 1.82) is 0 Å². The molecule has 7 nitrogen and oxygen atoms in total. The maximum atomic E-state index is 12.1. The number of rotatable bonds is 5. The number of benzene rings is 2. The number of H-pyrrole nitrogens is 1. The molecule has 0 aliphatic heterocycles. The quantitative estimate of drug-likeness (QED) is 0.360. The molecule has 9 heteroatoms. The number of thioether (sulfide) groups is 1. The number of nitrogens with zero attached hydrogens (tertiary/aromatic N) is 3. The van der Waals surface area contributed by atoms with Crippen molar-refractivity contribution < 1.29 is 4.79 Å². The van der Waals surface area contributed by atoms with Crippen LogP contribution in [0.1, 0.15) is 0 Å². The minimum atomic E-state index is -0.162. The molecule has 0 bridgehead atoms. The third-order valence-corrected chi connectivity index (χ3v) is 5.66. The Morgan fingerprint density at radius 3 is 2.81 bits per heavy atom. The number of para-hydroxylation sites is 3. The molecule has 0 aliphatic rings. The topological polar surface area (TPSA) is 110 Å². The number of fused-ring (bicyclic) bond motifs is 1. The van der Waals surface area contributed by atoms with Gasteiger partial charge in [-0.1, -0.05) is 47.4 Å². The van der Waals surface area contributed by atoms with E-state index < -0.39 is 0 Å². The summed E-state index contributed by atoms with van der Waals surface area (Å²) in [5.41, 5.74) is 9.15. The second-order valence-corrected chi connectivity index (χ2v) is 7.60. The molecular formula is C17H14N6OS2. The van der Waals surface area contributed by atoms with Crippen molar-refractivity contribution in [1.82, 2.24) is 20.2 Å². The number of aromatic nitrogens is 4. The first-order chi connectivity index (χ1) is 12.7. The monoisotopic (exact) mass is 382 g/mol. The second-order valence-electron chi connectivity index (χ2n) is 5.40. The van der Waals surface area contributed by atoms with Crippen molar-refractivity contribution in [2.75, 3.05) is 16.8 Å². The van der Waals surface area contributed by atoms with Gasteiger partial charge in [0.1, 0.15) is 0 Å². The third kappa shape index (κ3) is 3.53. The maximum absolute atomic E-state index is 12.1. The zero-order valence-electron chi connectivity index (χ0n) is 13.5. The van der Waals surface area contributed by atoms with Crippen LogP contribution in [0, 0.1) is 0 Å². The zero-order chi connectivity index (χ0) is 17.9. The van der Waals surface area contributed by atoms with Crippen molar-refractivity contribution in [3.8, 4) is 10.6 Å². The molecule has 1 amide bonds. The van der Waals surface area contributed by atoms with Gasteiger partial charge in [0.25, 0.3) is 0 Å². The van der Waals surface area contributed by atoms with Gasteiger partial charge in [-0.15, -0.1) is 10.2 Å². The molecule has 4 aromatic rings.